The SMILES string of the molecule is Cn1ccnc1[C@H]1CCCN(C(=O)c2ccc3c(c2)NC(=O)CN3)C1. The van der Waals surface area contributed by atoms with Crippen molar-refractivity contribution in [1.82, 2.24) is 14.5 Å². The normalized spacial score (nSPS) is 19.8. The van der Waals surface area contributed by atoms with E-state index < -0.39 is 0 Å². The van der Waals surface area contributed by atoms with E-state index in [0.717, 1.165) is 30.9 Å². The van der Waals surface area contributed by atoms with Crippen molar-refractivity contribution in [2.24, 2.45) is 7.05 Å². The van der Waals surface area contributed by atoms with E-state index >= 15 is 0 Å². The molecule has 0 aliphatic carbocycles. The van der Waals surface area contributed by atoms with Gasteiger partial charge in [0.25, 0.3) is 5.91 Å². The van der Waals surface area contributed by atoms with Crippen molar-refractivity contribution >= 4 is 23.2 Å². The average Bonchev–Trinajstić information content (AvgIpc) is 3.06. The molecule has 0 spiro atoms. The Kier molecular flexibility index (Phi) is 3.91. The first kappa shape index (κ1) is 15.7. The minimum absolute atomic E-state index is 0.00142. The van der Waals surface area contributed by atoms with E-state index in [2.05, 4.69) is 15.6 Å². The third kappa shape index (κ3) is 2.97. The van der Waals surface area contributed by atoms with Crippen LogP contribution in [0.1, 0.15) is 34.9 Å². The van der Waals surface area contributed by atoms with Crippen LogP contribution < -0.4 is 10.6 Å². The number of nitrogens with one attached hydrogen (secondary N) is 2. The second-order valence-electron chi connectivity index (χ2n) is 6.65. The van der Waals surface area contributed by atoms with Gasteiger partial charge in [0, 0.05) is 44.0 Å². The molecule has 2 N–H and O–H groups in total. The lowest BCUT2D eigenvalue weighted by Gasteiger charge is -2.32. The van der Waals surface area contributed by atoms with E-state index in [-0.39, 0.29) is 24.3 Å². The molecule has 1 atom stereocenters. The molecule has 2 aliphatic rings. The Morgan fingerprint density at radius 3 is 3.00 bits per heavy atom. The third-order valence-electron chi connectivity index (χ3n) is 4.91. The summed E-state index contributed by atoms with van der Waals surface area (Å²) in [4.78, 5) is 30.8. The van der Waals surface area contributed by atoms with Crippen LogP contribution in [0.5, 0.6) is 0 Å². The van der Waals surface area contributed by atoms with Crippen LogP contribution in [-0.4, -0.2) is 45.9 Å². The Hall–Kier alpha value is -2.83. The van der Waals surface area contributed by atoms with Gasteiger partial charge in [-0.2, -0.15) is 0 Å². The summed E-state index contributed by atoms with van der Waals surface area (Å²) in [6, 6.07) is 5.42. The van der Waals surface area contributed by atoms with Gasteiger partial charge in [-0.1, -0.05) is 0 Å². The number of aryl methyl sites for hydroxylation is 1. The zero-order chi connectivity index (χ0) is 17.4. The molecule has 0 saturated carbocycles. The summed E-state index contributed by atoms with van der Waals surface area (Å²) in [5, 5.41) is 5.85. The van der Waals surface area contributed by atoms with E-state index in [0.29, 0.717) is 17.8 Å². The highest BCUT2D eigenvalue weighted by molar-refractivity contribution is 6.03. The molecule has 130 valence electrons. The van der Waals surface area contributed by atoms with Gasteiger partial charge in [0.05, 0.1) is 17.9 Å². The molecule has 2 aliphatic heterocycles. The number of aromatic nitrogens is 2. The molecule has 1 aromatic carbocycles. The Bertz CT molecular complexity index is 829. The first-order valence-corrected chi connectivity index (χ1v) is 8.56. The van der Waals surface area contributed by atoms with E-state index in [4.69, 9.17) is 0 Å². The summed E-state index contributed by atoms with van der Waals surface area (Å²) >= 11 is 0. The number of nitrogens with zero attached hydrogens (tertiary/aromatic N) is 3. The van der Waals surface area contributed by atoms with E-state index in [1.165, 1.54) is 0 Å². The number of anilines is 2. The van der Waals surface area contributed by atoms with Crippen LogP contribution in [0, 0.1) is 0 Å². The minimum atomic E-state index is -0.0927. The zero-order valence-electron chi connectivity index (χ0n) is 14.2. The average molecular weight is 339 g/mol. The molecule has 1 fully saturated rings. The van der Waals surface area contributed by atoms with Crippen LogP contribution in [0.25, 0.3) is 0 Å². The van der Waals surface area contributed by atoms with E-state index in [9.17, 15) is 9.59 Å². The Morgan fingerprint density at radius 1 is 1.32 bits per heavy atom. The molecule has 2 amide bonds. The fourth-order valence-corrected chi connectivity index (χ4v) is 3.63. The van der Waals surface area contributed by atoms with Gasteiger partial charge in [-0.05, 0) is 31.0 Å². The molecule has 0 radical (unpaired) electrons. The second-order valence-corrected chi connectivity index (χ2v) is 6.65. The molecule has 0 bridgehead atoms. The number of rotatable bonds is 2. The number of likely N-dealkylation sites (tertiary alicyclic amines) is 1. The lowest BCUT2D eigenvalue weighted by atomic mass is 9.96. The van der Waals surface area contributed by atoms with Gasteiger partial charge >= 0.3 is 0 Å². The van der Waals surface area contributed by atoms with E-state index in [1.54, 1.807) is 12.3 Å². The van der Waals surface area contributed by atoms with E-state index in [1.807, 2.05) is 34.8 Å². The van der Waals surface area contributed by atoms with Gasteiger partial charge in [0.1, 0.15) is 5.82 Å². The molecule has 3 heterocycles. The first-order valence-electron chi connectivity index (χ1n) is 8.56. The molecule has 1 aromatic heterocycles. The monoisotopic (exact) mass is 339 g/mol. The molecule has 4 rings (SSSR count). The Morgan fingerprint density at radius 2 is 2.20 bits per heavy atom. The van der Waals surface area contributed by atoms with Crippen LogP contribution in [0.3, 0.4) is 0 Å². The van der Waals surface area contributed by atoms with Crippen LogP contribution in [-0.2, 0) is 11.8 Å². The summed E-state index contributed by atoms with van der Waals surface area (Å²) in [5.41, 5.74) is 2.11. The van der Waals surface area contributed by atoms with Crippen molar-refractivity contribution in [1.29, 1.82) is 0 Å². The van der Waals surface area contributed by atoms with Gasteiger partial charge in [0.15, 0.2) is 0 Å². The third-order valence-corrected chi connectivity index (χ3v) is 4.91. The molecule has 25 heavy (non-hydrogen) atoms. The fraction of sp³-hybridized carbons (Fsp3) is 0.389. The standard InChI is InChI=1S/C18H21N5O2/c1-22-8-6-19-17(22)13-3-2-7-23(11-13)18(25)12-4-5-14-15(9-12)21-16(24)10-20-14/h4-6,8-9,13,20H,2-3,7,10-11H2,1H3,(H,21,24)/t13-/m0/s1. The number of carbonyl (C=O) groups excluding carboxylic acids is 2. The number of amides is 2. The van der Waals surface area contributed by atoms with Crippen LogP contribution >= 0.6 is 0 Å². The number of piperidine rings is 1. The van der Waals surface area contributed by atoms with Crippen molar-refractivity contribution in [3.8, 4) is 0 Å². The maximum absolute atomic E-state index is 12.9. The maximum atomic E-state index is 12.9. The topological polar surface area (TPSA) is 79.3 Å². The quantitative estimate of drug-likeness (QED) is 0.874. The van der Waals surface area contributed by atoms with Gasteiger partial charge in [-0.15, -0.1) is 0 Å². The highest BCUT2D eigenvalue weighted by Crippen LogP contribution is 2.29. The number of imidazole rings is 1. The predicted molar refractivity (Wildman–Crippen MR) is 94.6 cm³/mol. The van der Waals surface area contributed by atoms with Gasteiger partial charge in [-0.3, -0.25) is 9.59 Å². The number of hydrogen-bond donors (Lipinski definition) is 2. The van der Waals surface area contributed by atoms with Gasteiger partial charge in [0.2, 0.25) is 5.91 Å². The number of benzene rings is 1. The summed E-state index contributed by atoms with van der Waals surface area (Å²) in [5.74, 6) is 1.20. The van der Waals surface area contributed by atoms with Gasteiger partial charge < -0.3 is 20.1 Å². The first-order chi connectivity index (χ1) is 12.1. The molecular weight excluding hydrogens is 318 g/mol. The van der Waals surface area contributed by atoms with Crippen molar-refractivity contribution < 1.29 is 9.59 Å². The minimum Gasteiger partial charge on any atom is -0.374 e. The lowest BCUT2D eigenvalue weighted by molar-refractivity contribution is -0.114. The van der Waals surface area contributed by atoms with Gasteiger partial charge in [-0.25, -0.2) is 4.98 Å². The zero-order valence-corrected chi connectivity index (χ0v) is 14.2. The number of fused-ring (bicyclic) bond motifs is 1. The molecule has 7 nitrogen and oxygen atoms in total. The van der Waals surface area contributed by atoms with Crippen LogP contribution in [0.2, 0.25) is 0 Å². The summed E-state index contributed by atoms with van der Waals surface area (Å²) < 4.78 is 2.03. The molecule has 2 aromatic rings. The summed E-state index contributed by atoms with van der Waals surface area (Å²) in [6.07, 6.45) is 5.75. The fourth-order valence-electron chi connectivity index (χ4n) is 3.63. The number of carbonyl (C=O) groups is 2. The predicted octanol–water partition coefficient (Wildman–Crippen LogP) is 1.80. The Labute approximate surface area is 146 Å². The highest BCUT2D eigenvalue weighted by Gasteiger charge is 2.28. The van der Waals surface area contributed by atoms with Crippen molar-refractivity contribution in [3.63, 3.8) is 0 Å². The summed E-state index contributed by atoms with van der Waals surface area (Å²) in [6.45, 7) is 1.69. The Balaban J connectivity index is 1.53. The largest absolute Gasteiger partial charge is 0.374 e. The molecule has 1 saturated heterocycles. The molecule has 0 unspecified atom stereocenters. The van der Waals surface area contributed by atoms with Crippen molar-refractivity contribution in [2.45, 2.75) is 18.8 Å². The van der Waals surface area contributed by atoms with Crippen LogP contribution in [0.15, 0.2) is 30.6 Å². The van der Waals surface area contributed by atoms with Crippen molar-refractivity contribution in [2.75, 3.05) is 30.3 Å². The lowest BCUT2D eigenvalue weighted by Crippen LogP contribution is -2.39. The number of hydrogen-bond acceptors (Lipinski definition) is 4. The van der Waals surface area contributed by atoms with Crippen LogP contribution in [0.4, 0.5) is 11.4 Å². The maximum Gasteiger partial charge on any atom is 0.253 e. The smallest absolute Gasteiger partial charge is 0.253 e. The molecule has 7 heteroatoms. The second kappa shape index (κ2) is 6.23. The summed E-state index contributed by atoms with van der Waals surface area (Å²) in [7, 11) is 1.99. The molecular formula is C18H21N5O2. The highest BCUT2D eigenvalue weighted by atomic mass is 16.2. The van der Waals surface area contributed by atoms with Crippen molar-refractivity contribution in [3.05, 3.63) is 42.0 Å².